The zero-order valence-corrected chi connectivity index (χ0v) is 26.9. The second kappa shape index (κ2) is 9.37. The Bertz CT molecular complexity index is 2360. The molecule has 0 atom stereocenters. The van der Waals surface area contributed by atoms with Crippen LogP contribution < -0.4 is 9.64 Å². The van der Waals surface area contributed by atoms with Gasteiger partial charge in [-0.05, 0) is 94.0 Å². The smallest absolute Gasteiger partial charge is 0.119 e. The number of rotatable bonds is 4. The van der Waals surface area contributed by atoms with Crippen molar-refractivity contribution in [2.75, 3.05) is 12.0 Å². The Morgan fingerprint density at radius 1 is 0.522 bits per heavy atom. The van der Waals surface area contributed by atoms with Crippen LogP contribution in [0, 0.1) is 0 Å². The van der Waals surface area contributed by atoms with Crippen LogP contribution in [0.25, 0.3) is 38.6 Å². The molecule has 0 radical (unpaired) electrons. The number of methoxy groups -OCH3 is 1. The Morgan fingerprint density at radius 3 is 1.96 bits per heavy atom. The molecule has 7 aromatic rings. The molecule has 0 saturated carbocycles. The quantitative estimate of drug-likeness (QED) is 0.201. The summed E-state index contributed by atoms with van der Waals surface area (Å²) in [6.45, 7) is 9.40. The number of para-hydroxylation sites is 2. The maximum absolute atomic E-state index is 5.55. The van der Waals surface area contributed by atoms with Crippen molar-refractivity contribution in [2.45, 2.75) is 38.5 Å². The van der Waals surface area contributed by atoms with Gasteiger partial charge in [0.25, 0.3) is 0 Å². The molecule has 6 aromatic carbocycles. The summed E-state index contributed by atoms with van der Waals surface area (Å²) in [6, 6.07) is 46.9. The molecule has 1 aromatic heterocycles. The van der Waals surface area contributed by atoms with Gasteiger partial charge >= 0.3 is 0 Å². The van der Waals surface area contributed by atoms with Crippen molar-refractivity contribution in [3.63, 3.8) is 0 Å². The zero-order valence-electron chi connectivity index (χ0n) is 26.9. The number of ether oxygens (including phenoxy) is 1. The Balaban J connectivity index is 1.29. The van der Waals surface area contributed by atoms with E-state index in [1.165, 1.54) is 60.9 Å². The van der Waals surface area contributed by atoms with E-state index in [-0.39, 0.29) is 10.8 Å². The summed E-state index contributed by atoms with van der Waals surface area (Å²) in [5, 5.41) is 2.55. The maximum atomic E-state index is 5.55. The van der Waals surface area contributed by atoms with Crippen molar-refractivity contribution in [1.82, 2.24) is 4.57 Å². The monoisotopic (exact) mass is 596 g/mol. The fourth-order valence-electron chi connectivity index (χ4n) is 8.30. The zero-order chi connectivity index (χ0) is 31.4. The molecular formula is C43H36N2O. The van der Waals surface area contributed by atoms with Crippen LogP contribution in [0.4, 0.5) is 17.1 Å². The van der Waals surface area contributed by atoms with Crippen molar-refractivity contribution < 1.29 is 4.74 Å². The summed E-state index contributed by atoms with van der Waals surface area (Å²) in [5.74, 6) is 0.847. The van der Waals surface area contributed by atoms with E-state index >= 15 is 0 Å². The lowest BCUT2D eigenvalue weighted by Gasteiger charge is -2.34. The minimum absolute atomic E-state index is 0.0866. The maximum Gasteiger partial charge on any atom is 0.119 e. The summed E-state index contributed by atoms with van der Waals surface area (Å²) in [5.41, 5.74) is 15.1. The molecular weight excluding hydrogens is 560 g/mol. The molecule has 224 valence electrons. The summed E-state index contributed by atoms with van der Waals surface area (Å²) in [6.07, 6.45) is 0. The third-order valence-corrected chi connectivity index (χ3v) is 10.7. The highest BCUT2D eigenvalue weighted by Gasteiger charge is 2.37. The van der Waals surface area contributed by atoms with E-state index in [0.29, 0.717) is 0 Å². The lowest BCUT2D eigenvalue weighted by atomic mass is 9.75. The molecule has 3 heteroatoms. The molecule has 0 bridgehead atoms. The van der Waals surface area contributed by atoms with Crippen LogP contribution in [0.2, 0.25) is 0 Å². The normalized spacial score (nSPS) is 15.0. The van der Waals surface area contributed by atoms with Crippen molar-refractivity contribution in [3.05, 3.63) is 150 Å². The molecule has 46 heavy (non-hydrogen) atoms. The largest absolute Gasteiger partial charge is 0.497 e. The number of hydrogen-bond acceptors (Lipinski definition) is 2. The summed E-state index contributed by atoms with van der Waals surface area (Å²) < 4.78 is 8.03. The summed E-state index contributed by atoms with van der Waals surface area (Å²) in [4.78, 5) is 2.39. The summed E-state index contributed by atoms with van der Waals surface area (Å²) >= 11 is 0. The predicted octanol–water partition coefficient (Wildman–Crippen LogP) is 11.2. The van der Waals surface area contributed by atoms with E-state index in [9.17, 15) is 0 Å². The standard InChI is InChI=1S/C43H36N2O/c1-42(2)35-13-7-6-11-31(35)32-23-19-29(26-38(32)42)44(27-17-21-30(46-5)22-18-27)28-20-24-39-34(25-28)33-12-10-15-37-41(33)45(39)40-16-9-8-14-36(40)43(37,3)4/h6-26H,1-5H3. The minimum atomic E-state index is -0.0900. The van der Waals surface area contributed by atoms with Gasteiger partial charge in [-0.1, -0.05) is 94.4 Å². The molecule has 0 amide bonds. The van der Waals surface area contributed by atoms with Crippen LogP contribution in [-0.4, -0.2) is 11.7 Å². The van der Waals surface area contributed by atoms with E-state index in [4.69, 9.17) is 4.74 Å². The van der Waals surface area contributed by atoms with Gasteiger partial charge in [-0.3, -0.25) is 0 Å². The fourth-order valence-corrected chi connectivity index (χ4v) is 8.30. The highest BCUT2D eigenvalue weighted by Crippen LogP contribution is 2.52. The van der Waals surface area contributed by atoms with Crippen molar-refractivity contribution in [1.29, 1.82) is 0 Å². The van der Waals surface area contributed by atoms with E-state index in [2.05, 4.69) is 152 Å². The average molecular weight is 597 g/mol. The van der Waals surface area contributed by atoms with Crippen molar-refractivity contribution >= 4 is 38.9 Å². The molecule has 2 aliphatic rings. The van der Waals surface area contributed by atoms with Gasteiger partial charge < -0.3 is 14.2 Å². The van der Waals surface area contributed by atoms with Crippen molar-refractivity contribution in [3.8, 4) is 22.6 Å². The molecule has 0 fully saturated rings. The number of fused-ring (bicyclic) bond motifs is 8. The highest BCUT2D eigenvalue weighted by molar-refractivity contribution is 6.12. The number of aromatic nitrogens is 1. The van der Waals surface area contributed by atoms with Crippen LogP contribution in [0.3, 0.4) is 0 Å². The van der Waals surface area contributed by atoms with E-state index in [1.54, 1.807) is 7.11 Å². The average Bonchev–Trinajstić information content (AvgIpc) is 3.53. The Labute approximate surface area is 270 Å². The van der Waals surface area contributed by atoms with E-state index in [1.807, 2.05) is 12.1 Å². The molecule has 0 unspecified atom stereocenters. The number of hydrogen-bond donors (Lipinski definition) is 0. The number of anilines is 3. The number of nitrogens with zero attached hydrogens (tertiary/aromatic N) is 2. The highest BCUT2D eigenvalue weighted by atomic mass is 16.5. The van der Waals surface area contributed by atoms with Gasteiger partial charge in [-0.15, -0.1) is 0 Å². The molecule has 0 N–H and O–H groups in total. The van der Waals surface area contributed by atoms with Gasteiger partial charge in [0.05, 0.1) is 23.8 Å². The van der Waals surface area contributed by atoms with Crippen LogP contribution in [0.5, 0.6) is 5.75 Å². The molecule has 0 spiro atoms. The van der Waals surface area contributed by atoms with Crippen LogP contribution in [0.1, 0.15) is 49.9 Å². The Hall–Kier alpha value is -5.28. The van der Waals surface area contributed by atoms with Gasteiger partial charge in [0.1, 0.15) is 5.75 Å². The summed E-state index contributed by atoms with van der Waals surface area (Å²) in [7, 11) is 1.72. The van der Waals surface area contributed by atoms with E-state index < -0.39 is 0 Å². The SMILES string of the molecule is COc1ccc(N(c2ccc3c(c2)C(C)(C)c2ccccc2-3)c2ccc3c(c2)c2cccc4c2n3-c2ccccc2C4(C)C)cc1. The first-order chi connectivity index (χ1) is 22.3. The molecule has 2 heterocycles. The van der Waals surface area contributed by atoms with Crippen molar-refractivity contribution in [2.24, 2.45) is 0 Å². The molecule has 1 aliphatic carbocycles. The second-order valence-electron chi connectivity index (χ2n) is 13.8. The van der Waals surface area contributed by atoms with Gasteiger partial charge in [-0.25, -0.2) is 0 Å². The second-order valence-corrected chi connectivity index (χ2v) is 13.8. The van der Waals surface area contributed by atoms with E-state index in [0.717, 1.165) is 22.8 Å². The molecule has 1 aliphatic heterocycles. The molecule has 9 rings (SSSR count). The lowest BCUT2D eigenvalue weighted by molar-refractivity contribution is 0.415. The molecule has 0 saturated heterocycles. The van der Waals surface area contributed by atoms with Gasteiger partial charge in [-0.2, -0.15) is 0 Å². The van der Waals surface area contributed by atoms with Crippen LogP contribution >= 0.6 is 0 Å². The van der Waals surface area contributed by atoms with Crippen LogP contribution in [0.15, 0.2) is 127 Å². The first kappa shape index (κ1) is 27.1. The van der Waals surface area contributed by atoms with Crippen LogP contribution in [-0.2, 0) is 10.8 Å². The molecule has 3 nitrogen and oxygen atoms in total. The predicted molar refractivity (Wildman–Crippen MR) is 192 cm³/mol. The topological polar surface area (TPSA) is 17.4 Å². The first-order valence-electron chi connectivity index (χ1n) is 16.2. The van der Waals surface area contributed by atoms with Gasteiger partial charge in [0.15, 0.2) is 0 Å². The third kappa shape index (κ3) is 3.54. The first-order valence-corrected chi connectivity index (χ1v) is 16.2. The van der Waals surface area contributed by atoms with Gasteiger partial charge in [0.2, 0.25) is 0 Å². The lowest BCUT2D eigenvalue weighted by Crippen LogP contribution is -2.26. The fraction of sp³-hybridized carbons (Fsp3) is 0.163. The minimum Gasteiger partial charge on any atom is -0.497 e. The third-order valence-electron chi connectivity index (χ3n) is 10.7. The van der Waals surface area contributed by atoms with Gasteiger partial charge in [0, 0.05) is 38.7 Å². The Morgan fingerprint density at radius 2 is 1.15 bits per heavy atom. The Kier molecular flexibility index (Phi) is 5.51. The number of benzene rings is 6.